The summed E-state index contributed by atoms with van der Waals surface area (Å²) in [6.07, 6.45) is 0. The second-order valence-corrected chi connectivity index (χ2v) is 14.8. The fourth-order valence-electron chi connectivity index (χ4n) is 4.44. The van der Waals surface area contributed by atoms with Crippen LogP contribution in [0.3, 0.4) is 0 Å². The molecule has 0 bridgehead atoms. The average Bonchev–Trinajstić information content (AvgIpc) is 2.73. The van der Waals surface area contributed by atoms with Gasteiger partial charge in [-0.05, 0) is 58.8 Å². The summed E-state index contributed by atoms with van der Waals surface area (Å²) < 4.78 is 0. The number of rotatable bonds is 5. The first-order valence-electron chi connectivity index (χ1n) is 13.8. The van der Waals surface area contributed by atoms with Crippen LogP contribution in [0.2, 0.25) is 0 Å². The van der Waals surface area contributed by atoms with Gasteiger partial charge < -0.3 is 10.2 Å². The van der Waals surface area contributed by atoms with Gasteiger partial charge in [-0.25, -0.2) is 0 Å². The molecule has 0 spiro atoms. The topological polar surface area (TPSA) is 65.2 Å². The van der Waals surface area contributed by atoms with Gasteiger partial charge in [-0.3, -0.25) is 9.98 Å². The molecule has 0 aliphatic heterocycles. The van der Waals surface area contributed by atoms with Crippen molar-refractivity contribution in [2.45, 2.75) is 119 Å². The minimum absolute atomic E-state index is 0.0420. The third-order valence-corrected chi connectivity index (χ3v) is 7.15. The Bertz CT molecular complexity index is 1120. The monoisotopic (exact) mass is 520 g/mol. The van der Waals surface area contributed by atoms with Gasteiger partial charge in [0.15, 0.2) is 0 Å². The Morgan fingerprint density at radius 3 is 1.05 bits per heavy atom. The van der Waals surface area contributed by atoms with Crippen molar-refractivity contribution < 1.29 is 10.2 Å². The molecule has 0 atom stereocenters. The van der Waals surface area contributed by atoms with Crippen LogP contribution >= 0.6 is 0 Å². The summed E-state index contributed by atoms with van der Waals surface area (Å²) in [7, 11) is 0. The van der Waals surface area contributed by atoms with E-state index in [-0.39, 0.29) is 21.7 Å². The van der Waals surface area contributed by atoms with Crippen LogP contribution in [-0.4, -0.2) is 34.7 Å². The lowest BCUT2D eigenvalue weighted by molar-refractivity contribution is 0.442. The Balaban J connectivity index is 2.41. The molecule has 0 unspecified atom stereocenters. The van der Waals surface area contributed by atoms with Gasteiger partial charge in [0.05, 0.1) is 13.1 Å². The van der Waals surface area contributed by atoms with E-state index in [0.29, 0.717) is 24.6 Å². The maximum Gasteiger partial charge on any atom is 0.128 e. The maximum atomic E-state index is 11.2. The molecular weight excluding hydrogens is 468 g/mol. The van der Waals surface area contributed by atoms with E-state index in [0.717, 1.165) is 33.7 Å². The molecule has 2 rings (SSSR count). The van der Waals surface area contributed by atoms with E-state index in [1.54, 1.807) is 0 Å². The van der Waals surface area contributed by atoms with Gasteiger partial charge in [0.25, 0.3) is 0 Å². The highest BCUT2D eigenvalue weighted by Gasteiger charge is 2.27. The molecule has 2 aromatic rings. The van der Waals surface area contributed by atoms with Crippen LogP contribution in [0.4, 0.5) is 0 Å². The fourth-order valence-corrected chi connectivity index (χ4v) is 4.44. The van der Waals surface area contributed by atoms with Crippen molar-refractivity contribution in [3.8, 4) is 11.5 Å². The zero-order chi connectivity index (χ0) is 29.4. The van der Waals surface area contributed by atoms with Crippen molar-refractivity contribution in [2.75, 3.05) is 13.1 Å². The van der Waals surface area contributed by atoms with Crippen LogP contribution in [0.1, 0.15) is 130 Å². The Hall–Kier alpha value is -2.62. The zero-order valence-corrected chi connectivity index (χ0v) is 26.5. The van der Waals surface area contributed by atoms with Gasteiger partial charge in [0.1, 0.15) is 11.5 Å². The van der Waals surface area contributed by atoms with E-state index in [2.05, 4.69) is 107 Å². The van der Waals surface area contributed by atoms with Crippen LogP contribution in [-0.2, 0) is 21.7 Å². The Kier molecular flexibility index (Phi) is 9.03. The SMILES string of the molecule is CC(=NCCN=C(C)c1cc(C(C)(C)C)cc(C(C)(C)C)c1O)c1cc(C(C)(C)C)cc(C(C)(C)C)c1O. The molecule has 4 heteroatoms. The van der Waals surface area contributed by atoms with Crippen LogP contribution in [0, 0.1) is 0 Å². The van der Waals surface area contributed by atoms with Gasteiger partial charge in [-0.2, -0.15) is 0 Å². The first-order chi connectivity index (χ1) is 17.0. The molecule has 0 heterocycles. The highest BCUT2D eigenvalue weighted by atomic mass is 16.3. The number of hydrogen-bond donors (Lipinski definition) is 2. The predicted octanol–water partition coefficient (Wildman–Crippen LogP) is 8.61. The van der Waals surface area contributed by atoms with E-state index in [9.17, 15) is 10.2 Å². The number of nitrogens with zero attached hydrogens (tertiary/aromatic N) is 2. The van der Waals surface area contributed by atoms with Crippen molar-refractivity contribution in [2.24, 2.45) is 9.98 Å². The molecule has 38 heavy (non-hydrogen) atoms. The van der Waals surface area contributed by atoms with Gasteiger partial charge in [-0.1, -0.05) is 95.2 Å². The lowest BCUT2D eigenvalue weighted by Gasteiger charge is -2.27. The predicted molar refractivity (Wildman–Crippen MR) is 165 cm³/mol. The number of aliphatic imine (C=N–C) groups is 2. The zero-order valence-electron chi connectivity index (χ0n) is 26.5. The van der Waals surface area contributed by atoms with Crippen LogP contribution in [0.25, 0.3) is 0 Å². The van der Waals surface area contributed by atoms with E-state index >= 15 is 0 Å². The highest BCUT2D eigenvalue weighted by molar-refractivity contribution is 6.02. The van der Waals surface area contributed by atoms with Crippen LogP contribution in [0.5, 0.6) is 11.5 Å². The smallest absolute Gasteiger partial charge is 0.128 e. The summed E-state index contributed by atoms with van der Waals surface area (Å²) in [6, 6.07) is 8.40. The largest absolute Gasteiger partial charge is 0.507 e. The fraction of sp³-hybridized carbons (Fsp3) is 0.588. The number of hydrogen-bond acceptors (Lipinski definition) is 4. The van der Waals surface area contributed by atoms with E-state index in [1.807, 2.05) is 13.8 Å². The number of aromatic hydroxyl groups is 2. The molecule has 4 nitrogen and oxygen atoms in total. The van der Waals surface area contributed by atoms with Crippen molar-refractivity contribution in [1.82, 2.24) is 0 Å². The number of benzene rings is 2. The Morgan fingerprint density at radius 2 is 0.816 bits per heavy atom. The molecule has 0 radical (unpaired) electrons. The normalized spacial score (nSPS) is 14.3. The van der Waals surface area contributed by atoms with Gasteiger partial charge in [-0.15, -0.1) is 0 Å². The molecule has 0 saturated heterocycles. The summed E-state index contributed by atoms with van der Waals surface area (Å²) in [5, 5.41) is 22.3. The van der Waals surface area contributed by atoms with E-state index in [1.165, 1.54) is 11.1 Å². The molecule has 0 aliphatic rings. The molecule has 0 aliphatic carbocycles. The third kappa shape index (κ3) is 7.48. The summed E-state index contributed by atoms with van der Waals surface area (Å²) in [5.74, 6) is 0.620. The minimum atomic E-state index is -0.183. The van der Waals surface area contributed by atoms with Crippen LogP contribution < -0.4 is 0 Å². The summed E-state index contributed by atoms with van der Waals surface area (Å²) in [6.45, 7) is 30.8. The second-order valence-electron chi connectivity index (χ2n) is 14.8. The Morgan fingerprint density at radius 1 is 0.526 bits per heavy atom. The number of phenolic OH excluding ortho intramolecular Hbond substituents is 2. The molecule has 0 aromatic heterocycles. The summed E-state index contributed by atoms with van der Waals surface area (Å²) in [5.41, 5.74) is 6.97. The van der Waals surface area contributed by atoms with Gasteiger partial charge >= 0.3 is 0 Å². The van der Waals surface area contributed by atoms with Crippen molar-refractivity contribution in [3.05, 3.63) is 57.6 Å². The summed E-state index contributed by atoms with van der Waals surface area (Å²) >= 11 is 0. The first-order valence-corrected chi connectivity index (χ1v) is 13.8. The standard InChI is InChI=1S/C34H52N2O2/c1-21(25-17-23(31(3,4)5)19-27(29(25)37)33(9,10)11)35-15-16-36-22(2)26-18-24(32(6,7)8)20-28(30(26)38)34(12,13)14/h17-20,37-38H,15-16H2,1-14H3. The molecule has 0 amide bonds. The second kappa shape index (κ2) is 10.9. The quantitative estimate of drug-likeness (QED) is 0.306. The molecule has 2 N–H and O–H groups in total. The molecule has 0 saturated carbocycles. The number of phenols is 2. The van der Waals surface area contributed by atoms with Crippen molar-refractivity contribution in [3.63, 3.8) is 0 Å². The highest BCUT2D eigenvalue weighted by Crippen LogP contribution is 2.39. The van der Waals surface area contributed by atoms with Gasteiger partial charge in [0, 0.05) is 33.7 Å². The third-order valence-electron chi connectivity index (χ3n) is 7.15. The lowest BCUT2D eigenvalue weighted by atomic mass is 9.78. The molecular formula is C34H52N2O2. The molecule has 2 aromatic carbocycles. The average molecular weight is 521 g/mol. The van der Waals surface area contributed by atoms with Gasteiger partial charge in [0.2, 0.25) is 0 Å². The van der Waals surface area contributed by atoms with Crippen molar-refractivity contribution >= 4 is 11.4 Å². The summed E-state index contributed by atoms with van der Waals surface area (Å²) in [4.78, 5) is 9.58. The maximum absolute atomic E-state index is 11.2. The van der Waals surface area contributed by atoms with E-state index in [4.69, 9.17) is 9.98 Å². The van der Waals surface area contributed by atoms with E-state index < -0.39 is 0 Å². The minimum Gasteiger partial charge on any atom is -0.507 e. The first kappa shape index (κ1) is 31.6. The molecule has 210 valence electrons. The van der Waals surface area contributed by atoms with Crippen molar-refractivity contribution in [1.29, 1.82) is 0 Å². The molecule has 0 fully saturated rings. The Labute approximate surface area is 232 Å². The lowest BCUT2D eigenvalue weighted by Crippen LogP contribution is -2.18. The van der Waals surface area contributed by atoms with Crippen LogP contribution in [0.15, 0.2) is 34.3 Å².